The second-order valence-electron chi connectivity index (χ2n) is 4.00. The van der Waals surface area contributed by atoms with Crippen LogP contribution in [0.5, 0.6) is 0 Å². The van der Waals surface area contributed by atoms with E-state index in [2.05, 4.69) is 0 Å². The molecule has 1 spiro atoms. The van der Waals surface area contributed by atoms with Gasteiger partial charge in [-0.1, -0.05) is 4.05 Å². The van der Waals surface area contributed by atoms with Crippen LogP contribution in [0, 0.1) is 0 Å². The number of carbonyl (C=O) groups is 1. The van der Waals surface area contributed by atoms with E-state index in [1.165, 1.54) is 11.9 Å². The van der Waals surface area contributed by atoms with Gasteiger partial charge < -0.3 is 0 Å². The summed E-state index contributed by atoms with van der Waals surface area (Å²) in [7, 11) is 1.73. The van der Waals surface area contributed by atoms with E-state index in [0.29, 0.717) is 0 Å². The highest BCUT2D eigenvalue weighted by atomic mass is 35.5. The molecule has 1 saturated heterocycles. The maximum Gasteiger partial charge on any atom is 0.345 e. The summed E-state index contributed by atoms with van der Waals surface area (Å²) in [5.74, 6) is 0. The van der Waals surface area contributed by atoms with E-state index >= 15 is 0 Å². The van der Waals surface area contributed by atoms with Gasteiger partial charge in [0.2, 0.25) is 4.93 Å². The summed E-state index contributed by atoms with van der Waals surface area (Å²) in [6.45, 7) is 1.99. The minimum Gasteiger partial charge on any atom is -0.229 e. The highest BCUT2D eigenvalue weighted by molar-refractivity contribution is 7.96. The molecule has 0 aromatic heterocycles. The molecule has 3 atom stereocenters. The molecule has 1 heterocycles. The Morgan fingerprint density at radius 3 is 2.62 bits per heavy atom. The molecule has 5 heteroatoms. The molecule has 0 bridgehead atoms. The Kier molecular flexibility index (Phi) is 1.97. The van der Waals surface area contributed by atoms with Gasteiger partial charge in [0, 0.05) is 0 Å². The molecule has 2 fully saturated rings. The fraction of sp³-hybridized carbons (Fsp3) is 0.875. The van der Waals surface area contributed by atoms with E-state index < -0.39 is 0 Å². The monoisotopic (exact) mass is 222 g/mol. The lowest BCUT2D eigenvalue weighted by molar-refractivity contribution is -0.952. The van der Waals surface area contributed by atoms with Crippen molar-refractivity contribution in [2.45, 2.75) is 36.0 Å². The fourth-order valence-electron chi connectivity index (χ4n) is 2.02. The summed E-state index contributed by atoms with van der Waals surface area (Å²) < 4.78 is -0.0255. The average Bonchev–Trinajstić information content (AvgIpc) is 2.26. The predicted molar refractivity (Wildman–Crippen MR) is 51.8 cm³/mol. The molecule has 0 N–H and O–H groups in total. The lowest BCUT2D eigenvalue weighted by atomic mass is 10.1. The first-order valence-electron chi connectivity index (χ1n) is 4.36. The van der Waals surface area contributed by atoms with E-state index in [1.54, 1.807) is 7.05 Å². The average molecular weight is 223 g/mol. The maximum atomic E-state index is 10.6. The molecule has 1 aliphatic carbocycles. The van der Waals surface area contributed by atoms with Crippen molar-refractivity contribution in [1.82, 2.24) is 0 Å². The summed E-state index contributed by atoms with van der Waals surface area (Å²) in [6, 6.07) is 0. The minimum atomic E-state index is -0.329. The number of hydroxylamine groups is 2. The third kappa shape index (κ3) is 1.23. The van der Waals surface area contributed by atoms with Crippen molar-refractivity contribution >= 4 is 30.0 Å². The first kappa shape index (κ1) is 9.77. The van der Waals surface area contributed by atoms with Gasteiger partial charge in [0.05, 0.1) is 4.87 Å². The number of amides is 1. The lowest BCUT2D eigenvalue weighted by Crippen LogP contribution is -2.63. The molecule has 0 aromatic carbocycles. The van der Waals surface area contributed by atoms with Gasteiger partial charge in [-0.2, -0.15) is 4.84 Å². The number of halogens is 1. The molecular formula is C8H13ClNO2S+. The Morgan fingerprint density at radius 2 is 2.23 bits per heavy atom. The second-order valence-corrected chi connectivity index (χ2v) is 6.40. The van der Waals surface area contributed by atoms with Crippen molar-refractivity contribution in [3.8, 4) is 0 Å². The number of quaternary nitrogens is 1. The first-order valence-corrected chi connectivity index (χ1v) is 5.51. The normalized spacial score (nSPS) is 55.0. The number of hydrogen-bond donors (Lipinski definition) is 0. The van der Waals surface area contributed by atoms with Gasteiger partial charge in [0.1, 0.15) is 7.05 Å². The first-order chi connectivity index (χ1) is 5.93. The summed E-state index contributed by atoms with van der Waals surface area (Å²) in [6.07, 6.45) is 3.77. The Morgan fingerprint density at radius 1 is 1.62 bits per heavy atom. The topological polar surface area (TPSA) is 26.3 Å². The van der Waals surface area contributed by atoms with Crippen LogP contribution in [0.1, 0.15) is 26.2 Å². The van der Waals surface area contributed by atoms with Crippen LogP contribution in [0.15, 0.2) is 0 Å². The SMILES string of the molecule is CC1(Cl)CCCC12O[N+](C)(C=O)S2. The van der Waals surface area contributed by atoms with E-state index in [9.17, 15) is 4.79 Å². The molecule has 2 rings (SSSR count). The van der Waals surface area contributed by atoms with Crippen molar-refractivity contribution in [2.24, 2.45) is 0 Å². The Hall–Kier alpha value is 0.230. The zero-order valence-corrected chi connectivity index (χ0v) is 9.32. The third-order valence-electron chi connectivity index (χ3n) is 2.80. The highest BCUT2D eigenvalue weighted by Crippen LogP contribution is 2.62. The van der Waals surface area contributed by atoms with Crippen molar-refractivity contribution in [1.29, 1.82) is 0 Å². The molecule has 1 aliphatic heterocycles. The lowest BCUT2D eigenvalue weighted by Gasteiger charge is -2.48. The molecule has 0 radical (unpaired) electrons. The smallest absolute Gasteiger partial charge is 0.229 e. The van der Waals surface area contributed by atoms with Gasteiger partial charge in [0.15, 0.2) is 11.9 Å². The molecule has 74 valence electrons. The Bertz CT molecular complexity index is 251. The van der Waals surface area contributed by atoms with Crippen LogP contribution in [0.3, 0.4) is 0 Å². The number of nitrogens with zero attached hydrogens (tertiary/aromatic N) is 1. The number of hydrogen-bond acceptors (Lipinski definition) is 3. The largest absolute Gasteiger partial charge is 0.345 e. The van der Waals surface area contributed by atoms with Gasteiger partial charge in [-0.15, -0.1) is 11.6 Å². The van der Waals surface area contributed by atoms with Gasteiger partial charge in [-0.05, 0) is 26.2 Å². The molecule has 0 aromatic rings. The van der Waals surface area contributed by atoms with E-state index in [4.69, 9.17) is 16.4 Å². The fourth-order valence-corrected chi connectivity index (χ4v) is 3.80. The van der Waals surface area contributed by atoms with Gasteiger partial charge in [-0.25, -0.2) is 4.79 Å². The van der Waals surface area contributed by atoms with Crippen molar-refractivity contribution < 1.29 is 13.7 Å². The van der Waals surface area contributed by atoms with Crippen LogP contribution < -0.4 is 0 Å². The number of alkyl halides is 1. The third-order valence-corrected chi connectivity index (χ3v) is 4.95. The van der Waals surface area contributed by atoms with Crippen molar-refractivity contribution in [3.05, 3.63) is 0 Å². The highest BCUT2D eigenvalue weighted by Gasteiger charge is 2.70. The van der Waals surface area contributed by atoms with Crippen LogP contribution in [-0.2, 0) is 9.63 Å². The zero-order valence-electron chi connectivity index (χ0n) is 7.75. The van der Waals surface area contributed by atoms with E-state index in [-0.39, 0.29) is 13.9 Å². The van der Waals surface area contributed by atoms with Crippen molar-refractivity contribution in [3.63, 3.8) is 0 Å². The van der Waals surface area contributed by atoms with E-state index in [1.807, 2.05) is 6.92 Å². The van der Waals surface area contributed by atoms with Crippen LogP contribution in [-0.4, -0.2) is 27.3 Å². The standard InChI is InChI=1S/C8H13ClNO2S/c1-7(9)4-3-5-8(7)12-10(2,6-11)13-8/h6H,3-5H2,1-2H3/q+1. The van der Waals surface area contributed by atoms with Gasteiger partial charge in [0.25, 0.3) is 0 Å². The quantitative estimate of drug-likeness (QED) is 0.294. The summed E-state index contributed by atoms with van der Waals surface area (Å²) >= 11 is 7.85. The summed E-state index contributed by atoms with van der Waals surface area (Å²) in [5.41, 5.74) is 0. The van der Waals surface area contributed by atoms with Crippen LogP contribution in [0.2, 0.25) is 0 Å². The zero-order chi connectivity index (χ0) is 9.74. The summed E-state index contributed by atoms with van der Waals surface area (Å²) in [4.78, 5) is 15.6. The Balaban J connectivity index is 2.15. The van der Waals surface area contributed by atoms with Crippen LogP contribution >= 0.6 is 23.5 Å². The van der Waals surface area contributed by atoms with Crippen LogP contribution in [0.25, 0.3) is 0 Å². The summed E-state index contributed by atoms with van der Waals surface area (Å²) in [5, 5.41) is 0. The van der Waals surface area contributed by atoms with E-state index in [0.717, 1.165) is 25.7 Å². The molecular weight excluding hydrogens is 210 g/mol. The Labute approximate surface area is 87.0 Å². The molecule has 1 saturated carbocycles. The molecule has 3 unspecified atom stereocenters. The van der Waals surface area contributed by atoms with Gasteiger partial charge >= 0.3 is 6.41 Å². The van der Waals surface area contributed by atoms with Crippen LogP contribution in [0.4, 0.5) is 0 Å². The molecule has 3 nitrogen and oxygen atoms in total. The molecule has 13 heavy (non-hydrogen) atoms. The number of rotatable bonds is 1. The predicted octanol–water partition coefficient (Wildman–Crippen LogP) is 2.06. The molecule has 2 aliphatic rings. The molecule has 1 amide bonds. The minimum absolute atomic E-state index is 0.0255. The van der Waals surface area contributed by atoms with Gasteiger partial charge in [-0.3, -0.25) is 0 Å². The van der Waals surface area contributed by atoms with Crippen molar-refractivity contribution in [2.75, 3.05) is 7.05 Å². The second kappa shape index (κ2) is 2.63. The number of carbonyl (C=O) groups excluding carboxylic acids is 1. The maximum absolute atomic E-state index is 10.6.